The van der Waals surface area contributed by atoms with E-state index in [0.717, 1.165) is 31.0 Å². The van der Waals surface area contributed by atoms with Crippen LogP contribution in [0.2, 0.25) is 0 Å². The minimum atomic E-state index is 0.599. The lowest BCUT2D eigenvalue weighted by molar-refractivity contribution is -0.0130. The topological polar surface area (TPSA) is 21.3 Å². The second kappa shape index (κ2) is 6.33. The first-order valence-electron chi connectivity index (χ1n) is 9.20. The zero-order chi connectivity index (χ0) is 14.9. The molecule has 2 nitrogen and oxygen atoms in total. The van der Waals surface area contributed by atoms with Crippen molar-refractivity contribution in [3.63, 3.8) is 0 Å². The molecule has 1 heterocycles. The van der Waals surface area contributed by atoms with Crippen LogP contribution in [0, 0.1) is 24.7 Å². The lowest BCUT2D eigenvalue weighted by atomic mass is 9.72. The first-order valence-corrected chi connectivity index (χ1v) is 9.20. The maximum atomic E-state index is 5.65. The van der Waals surface area contributed by atoms with E-state index < -0.39 is 0 Å². The highest BCUT2D eigenvalue weighted by molar-refractivity contribution is 5.37. The largest absolute Gasteiger partial charge is 0.381 e. The van der Waals surface area contributed by atoms with Crippen LogP contribution in [0.25, 0.3) is 0 Å². The average molecular weight is 299 g/mol. The third kappa shape index (κ3) is 2.96. The number of hydrogen-bond acceptors (Lipinski definition) is 2. The molecule has 1 saturated heterocycles. The molecule has 4 unspecified atom stereocenters. The Hall–Kier alpha value is -0.860. The van der Waals surface area contributed by atoms with E-state index >= 15 is 0 Å². The monoisotopic (exact) mass is 299 g/mol. The quantitative estimate of drug-likeness (QED) is 0.910. The van der Waals surface area contributed by atoms with Gasteiger partial charge in [0.15, 0.2) is 0 Å². The molecule has 0 radical (unpaired) electrons. The van der Waals surface area contributed by atoms with Crippen molar-refractivity contribution >= 4 is 0 Å². The summed E-state index contributed by atoms with van der Waals surface area (Å²) in [5.41, 5.74) is 4.53. The summed E-state index contributed by atoms with van der Waals surface area (Å²) in [5.74, 6) is 2.68. The second-order valence-electron chi connectivity index (χ2n) is 7.76. The molecule has 1 saturated carbocycles. The van der Waals surface area contributed by atoms with E-state index in [1.54, 1.807) is 11.1 Å². The second-order valence-corrected chi connectivity index (χ2v) is 7.76. The zero-order valence-corrected chi connectivity index (χ0v) is 13.8. The van der Waals surface area contributed by atoms with Crippen LogP contribution in [-0.4, -0.2) is 19.8 Å². The molecule has 2 fully saturated rings. The average Bonchev–Trinajstić information content (AvgIpc) is 2.95. The molecule has 3 aliphatic rings. The molecule has 1 aliphatic heterocycles. The van der Waals surface area contributed by atoms with Crippen molar-refractivity contribution in [3.05, 3.63) is 34.9 Å². The van der Waals surface area contributed by atoms with E-state index in [1.165, 1.54) is 50.6 Å². The van der Waals surface area contributed by atoms with Crippen molar-refractivity contribution < 1.29 is 4.74 Å². The van der Waals surface area contributed by atoms with Gasteiger partial charge in [-0.15, -0.1) is 0 Å². The SMILES string of the molecule is Cc1ccc2c(c1)C(NCC1CCC3COCCC3C1)CC2. The predicted molar refractivity (Wildman–Crippen MR) is 90.0 cm³/mol. The van der Waals surface area contributed by atoms with Crippen LogP contribution in [0.4, 0.5) is 0 Å². The Kier molecular flexibility index (Phi) is 4.23. The molecule has 0 amide bonds. The number of ether oxygens (including phenoxy) is 1. The summed E-state index contributed by atoms with van der Waals surface area (Å²) in [6.07, 6.45) is 8.04. The van der Waals surface area contributed by atoms with Gasteiger partial charge in [-0.1, -0.05) is 23.8 Å². The molecule has 1 aromatic rings. The van der Waals surface area contributed by atoms with Gasteiger partial charge in [0.1, 0.15) is 0 Å². The molecule has 2 aliphatic carbocycles. The Morgan fingerprint density at radius 3 is 3.05 bits per heavy atom. The highest BCUT2D eigenvalue weighted by Crippen LogP contribution is 2.39. The predicted octanol–water partition coefficient (Wildman–Crippen LogP) is 4.02. The Morgan fingerprint density at radius 2 is 2.09 bits per heavy atom. The van der Waals surface area contributed by atoms with Gasteiger partial charge < -0.3 is 10.1 Å². The summed E-state index contributed by atoms with van der Waals surface area (Å²) < 4.78 is 5.65. The molecule has 0 aromatic heterocycles. The van der Waals surface area contributed by atoms with Gasteiger partial charge in [0, 0.05) is 19.3 Å². The number of hydrogen-bond donors (Lipinski definition) is 1. The third-order valence-corrected chi connectivity index (χ3v) is 6.25. The lowest BCUT2D eigenvalue weighted by Gasteiger charge is -2.39. The van der Waals surface area contributed by atoms with Crippen LogP contribution in [-0.2, 0) is 11.2 Å². The Morgan fingerprint density at radius 1 is 1.14 bits per heavy atom. The van der Waals surface area contributed by atoms with Gasteiger partial charge in [-0.3, -0.25) is 0 Å². The third-order valence-electron chi connectivity index (χ3n) is 6.25. The fourth-order valence-corrected chi connectivity index (χ4v) is 4.89. The first-order chi connectivity index (χ1) is 10.8. The zero-order valence-electron chi connectivity index (χ0n) is 13.8. The molecule has 1 N–H and O–H groups in total. The molecule has 1 aromatic carbocycles. The number of nitrogens with one attached hydrogen (secondary N) is 1. The molecule has 4 atom stereocenters. The smallest absolute Gasteiger partial charge is 0.0496 e. The summed E-state index contributed by atoms with van der Waals surface area (Å²) in [6.45, 7) is 5.45. The summed E-state index contributed by atoms with van der Waals surface area (Å²) in [6, 6.07) is 7.59. The van der Waals surface area contributed by atoms with Gasteiger partial charge in [-0.2, -0.15) is 0 Å². The van der Waals surface area contributed by atoms with Gasteiger partial charge in [0.25, 0.3) is 0 Å². The van der Waals surface area contributed by atoms with Crippen molar-refractivity contribution in [1.82, 2.24) is 5.32 Å². The van der Waals surface area contributed by atoms with E-state index in [0.29, 0.717) is 6.04 Å². The minimum Gasteiger partial charge on any atom is -0.381 e. The van der Waals surface area contributed by atoms with E-state index in [4.69, 9.17) is 4.74 Å². The van der Waals surface area contributed by atoms with Crippen LogP contribution in [0.3, 0.4) is 0 Å². The van der Waals surface area contributed by atoms with Crippen molar-refractivity contribution in [2.24, 2.45) is 17.8 Å². The minimum absolute atomic E-state index is 0.599. The number of benzene rings is 1. The normalized spacial score (nSPS) is 34.2. The lowest BCUT2D eigenvalue weighted by Crippen LogP contribution is -2.37. The van der Waals surface area contributed by atoms with Crippen molar-refractivity contribution in [3.8, 4) is 0 Å². The van der Waals surface area contributed by atoms with Gasteiger partial charge in [0.05, 0.1) is 0 Å². The Labute approximate surface area is 134 Å². The van der Waals surface area contributed by atoms with Crippen LogP contribution in [0.5, 0.6) is 0 Å². The van der Waals surface area contributed by atoms with E-state index in [9.17, 15) is 0 Å². The molecule has 22 heavy (non-hydrogen) atoms. The van der Waals surface area contributed by atoms with E-state index in [-0.39, 0.29) is 0 Å². The van der Waals surface area contributed by atoms with Gasteiger partial charge in [-0.25, -0.2) is 0 Å². The molecular formula is C20H29NO. The van der Waals surface area contributed by atoms with Crippen LogP contribution >= 0.6 is 0 Å². The van der Waals surface area contributed by atoms with E-state index in [1.807, 2.05) is 0 Å². The summed E-state index contributed by atoms with van der Waals surface area (Å²) in [5, 5.41) is 3.90. The molecule has 2 heteroatoms. The van der Waals surface area contributed by atoms with Crippen molar-refractivity contribution in [2.75, 3.05) is 19.8 Å². The Bertz CT molecular complexity index is 526. The van der Waals surface area contributed by atoms with Crippen molar-refractivity contribution in [2.45, 2.75) is 51.5 Å². The number of rotatable bonds is 3. The molecule has 0 spiro atoms. The molecular weight excluding hydrogens is 270 g/mol. The summed E-state index contributed by atoms with van der Waals surface area (Å²) in [7, 11) is 0. The number of aryl methyl sites for hydroxylation is 2. The maximum absolute atomic E-state index is 5.65. The van der Waals surface area contributed by atoms with Gasteiger partial charge >= 0.3 is 0 Å². The van der Waals surface area contributed by atoms with Crippen molar-refractivity contribution in [1.29, 1.82) is 0 Å². The van der Waals surface area contributed by atoms with Crippen LogP contribution in [0.1, 0.15) is 54.8 Å². The van der Waals surface area contributed by atoms with Gasteiger partial charge in [-0.05, 0) is 80.9 Å². The molecule has 0 bridgehead atoms. The fourth-order valence-electron chi connectivity index (χ4n) is 4.89. The highest BCUT2D eigenvalue weighted by Gasteiger charge is 2.33. The standard InChI is InChI=1S/C20H29NO/c1-14-2-4-16-6-7-20(19(16)10-14)21-12-15-3-5-18-13-22-9-8-17(18)11-15/h2,4,10,15,17-18,20-21H,3,5-9,11-13H2,1H3. The van der Waals surface area contributed by atoms with Gasteiger partial charge in [0.2, 0.25) is 0 Å². The maximum Gasteiger partial charge on any atom is 0.0496 e. The number of fused-ring (bicyclic) bond motifs is 2. The fraction of sp³-hybridized carbons (Fsp3) is 0.700. The summed E-state index contributed by atoms with van der Waals surface area (Å²) in [4.78, 5) is 0. The summed E-state index contributed by atoms with van der Waals surface area (Å²) >= 11 is 0. The highest BCUT2D eigenvalue weighted by atomic mass is 16.5. The van der Waals surface area contributed by atoms with Crippen LogP contribution in [0.15, 0.2) is 18.2 Å². The van der Waals surface area contributed by atoms with E-state index in [2.05, 4.69) is 30.4 Å². The molecule has 4 rings (SSSR count). The molecule has 120 valence electrons. The Balaban J connectivity index is 1.33. The first kappa shape index (κ1) is 14.7. The van der Waals surface area contributed by atoms with Crippen LogP contribution < -0.4 is 5.32 Å².